The second kappa shape index (κ2) is 5.41. The number of rotatable bonds is 4. The molecule has 108 valence electrons. The minimum Gasteiger partial charge on any atom is -0.351 e. The van der Waals surface area contributed by atoms with E-state index in [4.69, 9.17) is 5.73 Å². The van der Waals surface area contributed by atoms with Crippen LogP contribution in [0.3, 0.4) is 0 Å². The zero-order chi connectivity index (χ0) is 14.2. The van der Waals surface area contributed by atoms with Crippen molar-refractivity contribution < 1.29 is 4.21 Å². The molecule has 19 heavy (non-hydrogen) atoms. The quantitative estimate of drug-likeness (QED) is 0.923. The predicted octanol–water partition coefficient (Wildman–Crippen LogP) is 2.62. The monoisotopic (exact) mass is 282 g/mol. The number of fused-ring (bicyclic) bond motifs is 1. The number of aromatic nitrogens is 1. The van der Waals surface area contributed by atoms with Crippen LogP contribution >= 0.6 is 0 Å². The molecule has 0 fully saturated rings. The smallest absolute Gasteiger partial charge is 0.0333 e. The Labute approximate surface area is 119 Å². The maximum Gasteiger partial charge on any atom is 0.0333 e. The zero-order valence-electron chi connectivity index (χ0n) is 12.5. The van der Waals surface area contributed by atoms with Crippen LogP contribution in [0.15, 0.2) is 12.3 Å². The lowest BCUT2D eigenvalue weighted by atomic mass is 9.74. The fourth-order valence-corrected chi connectivity index (χ4v) is 3.43. The third kappa shape index (κ3) is 3.29. The van der Waals surface area contributed by atoms with Crippen LogP contribution in [0.5, 0.6) is 0 Å². The second-order valence-electron chi connectivity index (χ2n) is 6.66. The fourth-order valence-electron chi connectivity index (χ4n) is 2.99. The minimum absolute atomic E-state index is 0.165. The van der Waals surface area contributed by atoms with E-state index in [1.807, 2.05) is 0 Å². The molecular formula is C15H26N2OS. The summed E-state index contributed by atoms with van der Waals surface area (Å²) in [5, 5.41) is 0.253. The van der Waals surface area contributed by atoms with E-state index < -0.39 is 10.8 Å². The first kappa shape index (κ1) is 14.8. The summed E-state index contributed by atoms with van der Waals surface area (Å²) in [6.07, 6.45) is 7.04. The van der Waals surface area contributed by atoms with Gasteiger partial charge in [-0.15, -0.1) is 0 Å². The molecule has 0 bridgehead atoms. The van der Waals surface area contributed by atoms with Gasteiger partial charge in [-0.05, 0) is 36.3 Å². The molecule has 1 heterocycles. The van der Waals surface area contributed by atoms with Crippen LogP contribution in [0.4, 0.5) is 0 Å². The predicted molar refractivity (Wildman–Crippen MR) is 81.6 cm³/mol. The molecule has 0 saturated carbocycles. The summed E-state index contributed by atoms with van der Waals surface area (Å²) in [6.45, 7) is 7.58. The van der Waals surface area contributed by atoms with Crippen LogP contribution in [-0.2, 0) is 23.8 Å². The van der Waals surface area contributed by atoms with Crippen molar-refractivity contribution in [1.29, 1.82) is 0 Å². The van der Waals surface area contributed by atoms with Gasteiger partial charge in [-0.25, -0.2) is 0 Å². The molecule has 3 atom stereocenters. The van der Waals surface area contributed by atoms with Crippen LogP contribution in [0.2, 0.25) is 0 Å². The first-order valence-electron chi connectivity index (χ1n) is 7.06. The maximum absolute atomic E-state index is 11.4. The first-order valence-corrected chi connectivity index (χ1v) is 8.68. The average molecular weight is 282 g/mol. The van der Waals surface area contributed by atoms with Gasteiger partial charge in [0.1, 0.15) is 0 Å². The Bertz CT molecular complexity index is 478. The molecule has 0 spiro atoms. The van der Waals surface area contributed by atoms with Gasteiger partial charge in [-0.3, -0.25) is 4.21 Å². The van der Waals surface area contributed by atoms with Crippen LogP contribution in [0.25, 0.3) is 0 Å². The highest BCUT2D eigenvalue weighted by molar-refractivity contribution is 7.84. The summed E-state index contributed by atoms with van der Waals surface area (Å²) in [5.41, 5.74) is 9.25. The Morgan fingerprint density at radius 1 is 1.58 bits per heavy atom. The van der Waals surface area contributed by atoms with Gasteiger partial charge < -0.3 is 10.3 Å². The van der Waals surface area contributed by atoms with E-state index in [9.17, 15) is 4.21 Å². The molecule has 0 radical (unpaired) electrons. The molecule has 0 saturated heterocycles. The van der Waals surface area contributed by atoms with E-state index in [1.165, 1.54) is 11.3 Å². The van der Waals surface area contributed by atoms with E-state index in [-0.39, 0.29) is 16.7 Å². The lowest BCUT2D eigenvalue weighted by Crippen LogP contribution is -2.30. The highest BCUT2D eigenvalue weighted by Gasteiger charge is 2.32. The van der Waals surface area contributed by atoms with Crippen molar-refractivity contribution >= 4 is 10.8 Å². The maximum atomic E-state index is 11.4. The topological polar surface area (TPSA) is 48.0 Å². The first-order chi connectivity index (χ1) is 8.80. The highest BCUT2D eigenvalue weighted by atomic mass is 32.2. The largest absolute Gasteiger partial charge is 0.351 e. The van der Waals surface area contributed by atoms with Gasteiger partial charge >= 0.3 is 0 Å². The van der Waals surface area contributed by atoms with Crippen molar-refractivity contribution in [3.05, 3.63) is 23.5 Å². The van der Waals surface area contributed by atoms with Crippen molar-refractivity contribution in [1.82, 2.24) is 4.57 Å². The minimum atomic E-state index is -0.734. The summed E-state index contributed by atoms with van der Waals surface area (Å²) >= 11 is 0. The molecule has 2 N–H and O–H groups in total. The van der Waals surface area contributed by atoms with Gasteiger partial charge in [0.05, 0.1) is 0 Å². The standard InChI is InChI=1S/C15H26N2OS/c1-11(19(4)18)5-7-17-8-6-12-13(16)9-15(2,3)10-14(12)17/h6,8,11,13H,5,7,9-10,16H2,1-4H3. The van der Waals surface area contributed by atoms with Crippen molar-refractivity contribution in [2.24, 2.45) is 11.1 Å². The van der Waals surface area contributed by atoms with Crippen LogP contribution in [0, 0.1) is 5.41 Å². The van der Waals surface area contributed by atoms with Crippen molar-refractivity contribution in [3.8, 4) is 0 Å². The number of nitrogens with zero attached hydrogens (tertiary/aromatic N) is 1. The molecule has 1 aliphatic carbocycles. The molecule has 3 unspecified atom stereocenters. The summed E-state index contributed by atoms with van der Waals surface area (Å²) in [4.78, 5) is 0. The number of nitrogens with two attached hydrogens (primary N) is 1. The number of hydrogen-bond donors (Lipinski definition) is 1. The lowest BCUT2D eigenvalue weighted by Gasteiger charge is -2.34. The molecule has 0 amide bonds. The molecule has 2 rings (SSSR count). The molecule has 1 aromatic heterocycles. The lowest BCUT2D eigenvalue weighted by molar-refractivity contribution is 0.275. The third-order valence-corrected chi connectivity index (χ3v) is 5.64. The van der Waals surface area contributed by atoms with E-state index in [0.29, 0.717) is 0 Å². The van der Waals surface area contributed by atoms with E-state index in [1.54, 1.807) is 6.26 Å². The van der Waals surface area contributed by atoms with Crippen LogP contribution in [-0.4, -0.2) is 20.3 Å². The summed E-state index contributed by atoms with van der Waals surface area (Å²) in [6, 6.07) is 2.33. The Morgan fingerprint density at radius 2 is 2.26 bits per heavy atom. The summed E-state index contributed by atoms with van der Waals surface area (Å²) < 4.78 is 13.7. The van der Waals surface area contributed by atoms with Gasteiger partial charge in [-0.2, -0.15) is 0 Å². The van der Waals surface area contributed by atoms with Crippen molar-refractivity contribution in [2.45, 2.75) is 57.9 Å². The van der Waals surface area contributed by atoms with Crippen LogP contribution in [0.1, 0.15) is 50.9 Å². The van der Waals surface area contributed by atoms with Gasteiger partial charge in [0.25, 0.3) is 0 Å². The van der Waals surface area contributed by atoms with E-state index in [0.717, 1.165) is 25.8 Å². The molecule has 4 heteroatoms. The normalized spacial score (nSPS) is 24.8. The Kier molecular flexibility index (Phi) is 4.21. The summed E-state index contributed by atoms with van der Waals surface area (Å²) in [5.74, 6) is 0. The van der Waals surface area contributed by atoms with Crippen molar-refractivity contribution in [2.75, 3.05) is 6.26 Å². The van der Waals surface area contributed by atoms with Gasteiger partial charge in [0, 0.05) is 46.8 Å². The molecule has 0 aromatic carbocycles. The van der Waals surface area contributed by atoms with E-state index >= 15 is 0 Å². The fraction of sp³-hybridized carbons (Fsp3) is 0.733. The van der Waals surface area contributed by atoms with E-state index in [2.05, 4.69) is 37.6 Å². The molecule has 0 aliphatic heterocycles. The third-order valence-electron chi connectivity index (χ3n) is 4.28. The SMILES string of the molecule is CC(CCn1ccc2c1CC(C)(C)CC2N)S(C)=O. The highest BCUT2D eigenvalue weighted by Crippen LogP contribution is 2.40. The van der Waals surface area contributed by atoms with Crippen LogP contribution < -0.4 is 5.73 Å². The second-order valence-corrected chi connectivity index (χ2v) is 8.46. The van der Waals surface area contributed by atoms with Gasteiger partial charge in [-0.1, -0.05) is 20.8 Å². The zero-order valence-corrected chi connectivity index (χ0v) is 13.3. The molecule has 1 aromatic rings. The number of aryl methyl sites for hydroxylation is 1. The van der Waals surface area contributed by atoms with Gasteiger partial charge in [0.15, 0.2) is 0 Å². The molecule has 3 nitrogen and oxygen atoms in total. The number of hydrogen-bond acceptors (Lipinski definition) is 2. The Morgan fingerprint density at radius 3 is 2.89 bits per heavy atom. The van der Waals surface area contributed by atoms with Gasteiger partial charge in [0.2, 0.25) is 0 Å². The summed E-state index contributed by atoms with van der Waals surface area (Å²) in [7, 11) is -0.734. The molecule has 1 aliphatic rings. The average Bonchev–Trinajstić information content (AvgIpc) is 2.67. The Hall–Kier alpha value is -0.610. The molecular weight excluding hydrogens is 256 g/mol. The Balaban J connectivity index is 2.14. The van der Waals surface area contributed by atoms with Crippen molar-refractivity contribution in [3.63, 3.8) is 0 Å².